The van der Waals surface area contributed by atoms with E-state index in [2.05, 4.69) is 5.16 Å². The third-order valence-electron chi connectivity index (χ3n) is 1.99. The van der Waals surface area contributed by atoms with Crippen LogP contribution < -0.4 is 5.73 Å². The maximum atomic E-state index is 5.88. The number of aromatic nitrogens is 1. The van der Waals surface area contributed by atoms with Gasteiger partial charge in [-0.2, -0.15) is 0 Å². The maximum absolute atomic E-state index is 5.88. The summed E-state index contributed by atoms with van der Waals surface area (Å²) in [5.41, 5.74) is 6.78. The number of aryl methyl sites for hydroxylation is 1. The summed E-state index contributed by atoms with van der Waals surface area (Å²) in [4.78, 5) is 0. The normalized spacial score (nSPS) is 21.0. The van der Waals surface area contributed by atoms with Crippen LogP contribution in [-0.2, 0) is 5.54 Å². The lowest BCUT2D eigenvalue weighted by atomic mass is 10.1. The summed E-state index contributed by atoms with van der Waals surface area (Å²) in [7, 11) is 0. The summed E-state index contributed by atoms with van der Waals surface area (Å²) in [6.45, 7) is 1.97. The zero-order valence-electron chi connectivity index (χ0n) is 5.92. The van der Waals surface area contributed by atoms with E-state index in [0.29, 0.717) is 0 Å². The minimum atomic E-state index is -0.166. The summed E-state index contributed by atoms with van der Waals surface area (Å²) in [6.07, 6.45) is 3.77. The summed E-state index contributed by atoms with van der Waals surface area (Å²) in [6, 6.07) is 0. The molecule has 10 heavy (non-hydrogen) atoms. The average Bonchev–Trinajstić information content (AvgIpc) is 2.44. The van der Waals surface area contributed by atoms with Crippen molar-refractivity contribution in [2.45, 2.75) is 25.3 Å². The molecule has 0 aliphatic heterocycles. The van der Waals surface area contributed by atoms with Crippen LogP contribution in [0.2, 0.25) is 0 Å². The van der Waals surface area contributed by atoms with Crippen LogP contribution >= 0.6 is 0 Å². The second-order valence-electron chi connectivity index (χ2n) is 2.99. The Balaban J connectivity index is 2.42. The molecule has 2 N–H and O–H groups in total. The summed E-state index contributed by atoms with van der Waals surface area (Å²) >= 11 is 0. The molecule has 0 atom stereocenters. The molecule has 0 aromatic carbocycles. The zero-order chi connectivity index (χ0) is 7.19. The lowest BCUT2D eigenvalue weighted by molar-refractivity contribution is 0.353. The van der Waals surface area contributed by atoms with Crippen molar-refractivity contribution in [3.63, 3.8) is 0 Å². The topological polar surface area (TPSA) is 52.0 Å². The fraction of sp³-hybridized carbons (Fsp3) is 0.571. The van der Waals surface area contributed by atoms with Crippen LogP contribution in [0.1, 0.15) is 24.2 Å². The van der Waals surface area contributed by atoms with Crippen molar-refractivity contribution in [1.29, 1.82) is 0 Å². The predicted molar refractivity (Wildman–Crippen MR) is 36.3 cm³/mol. The fourth-order valence-corrected chi connectivity index (χ4v) is 1.13. The number of nitrogens with two attached hydrogens (primary N) is 1. The Bertz CT molecular complexity index is 250. The van der Waals surface area contributed by atoms with Gasteiger partial charge in [-0.05, 0) is 19.8 Å². The first-order chi connectivity index (χ1) is 4.72. The van der Waals surface area contributed by atoms with Gasteiger partial charge in [0.25, 0.3) is 0 Å². The van der Waals surface area contributed by atoms with Crippen molar-refractivity contribution in [1.82, 2.24) is 5.16 Å². The van der Waals surface area contributed by atoms with Crippen LogP contribution in [-0.4, -0.2) is 5.16 Å². The summed E-state index contributed by atoms with van der Waals surface area (Å²) < 4.78 is 5.02. The SMILES string of the molecule is Cc1cnoc1C1(N)CC1. The Hall–Kier alpha value is -0.830. The van der Waals surface area contributed by atoms with Gasteiger partial charge in [-0.15, -0.1) is 0 Å². The van der Waals surface area contributed by atoms with Gasteiger partial charge < -0.3 is 10.3 Å². The Labute approximate surface area is 59.2 Å². The van der Waals surface area contributed by atoms with Gasteiger partial charge in [-0.3, -0.25) is 0 Å². The summed E-state index contributed by atoms with van der Waals surface area (Å²) in [5.74, 6) is 0.868. The molecule has 3 nitrogen and oxygen atoms in total. The second kappa shape index (κ2) is 1.61. The van der Waals surface area contributed by atoms with Gasteiger partial charge in [0.2, 0.25) is 0 Å². The number of hydrogen-bond acceptors (Lipinski definition) is 3. The molecule has 1 aromatic rings. The van der Waals surface area contributed by atoms with E-state index >= 15 is 0 Å². The third kappa shape index (κ3) is 0.671. The van der Waals surface area contributed by atoms with Crippen LogP contribution in [0.25, 0.3) is 0 Å². The van der Waals surface area contributed by atoms with E-state index in [9.17, 15) is 0 Å². The van der Waals surface area contributed by atoms with Crippen molar-refractivity contribution in [2.24, 2.45) is 5.73 Å². The van der Waals surface area contributed by atoms with E-state index < -0.39 is 0 Å². The Morgan fingerprint density at radius 3 is 2.80 bits per heavy atom. The molecule has 1 aliphatic carbocycles. The molecule has 3 heteroatoms. The first kappa shape index (κ1) is 5.92. The number of hydrogen-bond donors (Lipinski definition) is 1. The first-order valence-electron chi connectivity index (χ1n) is 3.43. The Morgan fingerprint density at radius 1 is 1.70 bits per heavy atom. The van der Waals surface area contributed by atoms with E-state index in [1.54, 1.807) is 6.20 Å². The second-order valence-corrected chi connectivity index (χ2v) is 2.99. The summed E-state index contributed by atoms with van der Waals surface area (Å²) in [5, 5.41) is 3.67. The van der Waals surface area contributed by atoms with E-state index in [0.717, 1.165) is 24.2 Å². The van der Waals surface area contributed by atoms with Crippen molar-refractivity contribution in [3.05, 3.63) is 17.5 Å². The molecule has 54 valence electrons. The van der Waals surface area contributed by atoms with E-state index in [1.165, 1.54) is 0 Å². The smallest absolute Gasteiger partial charge is 0.159 e. The highest BCUT2D eigenvalue weighted by Gasteiger charge is 2.44. The molecule has 1 aliphatic rings. The third-order valence-corrected chi connectivity index (χ3v) is 1.99. The molecular weight excluding hydrogens is 128 g/mol. The van der Waals surface area contributed by atoms with Gasteiger partial charge >= 0.3 is 0 Å². The van der Waals surface area contributed by atoms with Gasteiger partial charge in [0.05, 0.1) is 11.7 Å². The van der Waals surface area contributed by atoms with Crippen molar-refractivity contribution in [2.75, 3.05) is 0 Å². The highest BCUT2D eigenvalue weighted by Crippen LogP contribution is 2.43. The first-order valence-corrected chi connectivity index (χ1v) is 3.43. The monoisotopic (exact) mass is 138 g/mol. The van der Waals surface area contributed by atoms with Crippen LogP contribution in [0, 0.1) is 6.92 Å². The molecule has 0 saturated heterocycles. The molecule has 0 unspecified atom stereocenters. The Kier molecular flexibility index (Phi) is 0.951. The molecular formula is C7H10N2O. The highest BCUT2D eigenvalue weighted by atomic mass is 16.5. The maximum Gasteiger partial charge on any atom is 0.159 e. The van der Waals surface area contributed by atoms with Gasteiger partial charge in [0.15, 0.2) is 5.76 Å². The van der Waals surface area contributed by atoms with Crippen molar-refractivity contribution < 1.29 is 4.52 Å². The minimum Gasteiger partial charge on any atom is -0.359 e. The molecule has 1 aromatic heterocycles. The number of nitrogens with zero attached hydrogens (tertiary/aromatic N) is 1. The quantitative estimate of drug-likeness (QED) is 0.628. The Morgan fingerprint density at radius 2 is 2.40 bits per heavy atom. The lowest BCUT2D eigenvalue weighted by Gasteiger charge is -2.02. The number of rotatable bonds is 1. The van der Waals surface area contributed by atoms with E-state index in [1.807, 2.05) is 6.92 Å². The van der Waals surface area contributed by atoms with Gasteiger partial charge in [0.1, 0.15) is 0 Å². The molecule has 0 bridgehead atoms. The molecule has 0 radical (unpaired) electrons. The van der Waals surface area contributed by atoms with Gasteiger partial charge in [0, 0.05) is 5.56 Å². The van der Waals surface area contributed by atoms with Crippen LogP contribution in [0.5, 0.6) is 0 Å². The molecule has 1 saturated carbocycles. The zero-order valence-corrected chi connectivity index (χ0v) is 5.92. The highest BCUT2D eigenvalue weighted by molar-refractivity contribution is 5.25. The molecule has 2 rings (SSSR count). The molecule has 1 heterocycles. The predicted octanol–water partition coefficient (Wildman–Crippen LogP) is 0.931. The van der Waals surface area contributed by atoms with Crippen molar-refractivity contribution in [3.8, 4) is 0 Å². The average molecular weight is 138 g/mol. The lowest BCUT2D eigenvalue weighted by Crippen LogP contribution is -2.18. The van der Waals surface area contributed by atoms with Crippen LogP contribution in [0.15, 0.2) is 10.7 Å². The van der Waals surface area contributed by atoms with Crippen molar-refractivity contribution >= 4 is 0 Å². The van der Waals surface area contributed by atoms with Gasteiger partial charge in [-0.25, -0.2) is 0 Å². The minimum absolute atomic E-state index is 0.166. The van der Waals surface area contributed by atoms with Gasteiger partial charge in [-0.1, -0.05) is 5.16 Å². The largest absolute Gasteiger partial charge is 0.359 e. The van der Waals surface area contributed by atoms with Crippen LogP contribution in [0.3, 0.4) is 0 Å². The molecule has 0 amide bonds. The van der Waals surface area contributed by atoms with Crippen LogP contribution in [0.4, 0.5) is 0 Å². The molecule has 0 spiro atoms. The van der Waals surface area contributed by atoms with E-state index in [-0.39, 0.29) is 5.54 Å². The fourth-order valence-electron chi connectivity index (χ4n) is 1.13. The standard InChI is InChI=1S/C7H10N2O/c1-5-4-9-10-6(5)7(8)2-3-7/h4H,2-3,8H2,1H3. The van der Waals surface area contributed by atoms with E-state index in [4.69, 9.17) is 10.3 Å². The molecule has 1 fully saturated rings.